The zero-order valence-electron chi connectivity index (χ0n) is 9.55. The van der Waals surface area contributed by atoms with Gasteiger partial charge in [-0.25, -0.2) is 8.42 Å². The molecular formula is C9H14ClN3O3S. The first-order valence-corrected chi connectivity index (χ1v) is 7.34. The van der Waals surface area contributed by atoms with E-state index in [1.807, 2.05) is 13.8 Å². The fraction of sp³-hybridized carbons (Fsp3) is 0.556. The third kappa shape index (κ3) is 4.74. The molecule has 1 N–H and O–H groups in total. The largest absolute Gasteiger partial charge is 0.354 e. The Morgan fingerprint density at radius 2 is 2.24 bits per heavy atom. The first-order valence-electron chi connectivity index (χ1n) is 5.03. The third-order valence-electron chi connectivity index (χ3n) is 1.90. The van der Waals surface area contributed by atoms with Gasteiger partial charge in [0.05, 0.1) is 6.20 Å². The lowest BCUT2D eigenvalue weighted by atomic mass is 10.2. The average molecular weight is 280 g/mol. The highest BCUT2D eigenvalue weighted by Gasteiger charge is 2.13. The van der Waals surface area contributed by atoms with Gasteiger partial charge in [0.1, 0.15) is 11.4 Å². The van der Waals surface area contributed by atoms with Gasteiger partial charge in [0.25, 0.3) is 9.05 Å². The minimum Gasteiger partial charge on any atom is -0.354 e. The molecule has 0 saturated heterocycles. The Hall–Kier alpha value is -1.08. The molecule has 0 aliphatic rings. The van der Waals surface area contributed by atoms with Gasteiger partial charge >= 0.3 is 0 Å². The van der Waals surface area contributed by atoms with Crippen molar-refractivity contribution in [1.29, 1.82) is 0 Å². The topological polar surface area (TPSA) is 81.1 Å². The van der Waals surface area contributed by atoms with Crippen LogP contribution in [0.15, 0.2) is 17.3 Å². The number of amides is 1. The second-order valence-electron chi connectivity index (χ2n) is 4.01. The van der Waals surface area contributed by atoms with E-state index in [0.717, 1.165) is 6.20 Å². The number of rotatable bonds is 5. The van der Waals surface area contributed by atoms with Crippen LogP contribution in [0.4, 0.5) is 0 Å². The fourth-order valence-electron chi connectivity index (χ4n) is 1.08. The molecule has 0 aliphatic heterocycles. The number of aromatic nitrogens is 2. The van der Waals surface area contributed by atoms with Gasteiger partial charge in [-0.2, -0.15) is 5.10 Å². The van der Waals surface area contributed by atoms with E-state index >= 15 is 0 Å². The number of carbonyl (C=O) groups is 1. The zero-order chi connectivity index (χ0) is 13.1. The van der Waals surface area contributed by atoms with Crippen molar-refractivity contribution < 1.29 is 13.2 Å². The second-order valence-corrected chi connectivity index (χ2v) is 6.58. The maximum Gasteiger partial charge on any atom is 0.264 e. The van der Waals surface area contributed by atoms with Gasteiger partial charge < -0.3 is 5.32 Å². The van der Waals surface area contributed by atoms with Crippen molar-refractivity contribution in [2.24, 2.45) is 5.92 Å². The van der Waals surface area contributed by atoms with E-state index in [0.29, 0.717) is 12.5 Å². The van der Waals surface area contributed by atoms with Crippen molar-refractivity contribution in [2.75, 3.05) is 6.54 Å². The number of nitrogens with one attached hydrogen (secondary N) is 1. The molecule has 96 valence electrons. The van der Waals surface area contributed by atoms with Crippen molar-refractivity contribution in [3.8, 4) is 0 Å². The molecule has 0 aliphatic carbocycles. The van der Waals surface area contributed by atoms with E-state index in [9.17, 15) is 13.2 Å². The van der Waals surface area contributed by atoms with Crippen LogP contribution in [0.25, 0.3) is 0 Å². The van der Waals surface area contributed by atoms with Crippen LogP contribution in [0.2, 0.25) is 0 Å². The Bertz CT molecular complexity index is 495. The van der Waals surface area contributed by atoms with Crippen molar-refractivity contribution in [3.05, 3.63) is 12.4 Å². The number of hydrogen-bond donors (Lipinski definition) is 1. The van der Waals surface area contributed by atoms with Crippen LogP contribution in [0.1, 0.15) is 13.8 Å². The standard InChI is InChI=1S/C9H14ClN3O3S/c1-7(2)3-11-9(14)6-13-5-8(4-12-13)17(10,15)16/h4-5,7H,3,6H2,1-2H3,(H,11,14). The molecule has 1 rings (SSSR count). The minimum atomic E-state index is -3.79. The molecule has 8 heteroatoms. The maximum atomic E-state index is 11.4. The molecule has 1 aromatic heterocycles. The van der Waals surface area contributed by atoms with Crippen LogP contribution in [-0.2, 0) is 20.4 Å². The molecular weight excluding hydrogens is 266 g/mol. The molecule has 0 radical (unpaired) electrons. The van der Waals surface area contributed by atoms with E-state index in [1.165, 1.54) is 10.9 Å². The summed E-state index contributed by atoms with van der Waals surface area (Å²) in [7, 11) is 1.34. The fourth-order valence-corrected chi connectivity index (χ4v) is 1.74. The molecule has 0 spiro atoms. The van der Waals surface area contributed by atoms with Gasteiger partial charge in [0.15, 0.2) is 0 Å². The highest BCUT2D eigenvalue weighted by molar-refractivity contribution is 8.13. The summed E-state index contributed by atoms with van der Waals surface area (Å²) in [6, 6.07) is 0. The van der Waals surface area contributed by atoms with Crippen LogP contribution >= 0.6 is 10.7 Å². The van der Waals surface area contributed by atoms with Crippen molar-refractivity contribution in [3.63, 3.8) is 0 Å². The lowest BCUT2D eigenvalue weighted by molar-refractivity contribution is -0.122. The van der Waals surface area contributed by atoms with Crippen molar-refractivity contribution in [1.82, 2.24) is 15.1 Å². The summed E-state index contributed by atoms with van der Waals surface area (Å²) in [6.45, 7) is 4.50. The van der Waals surface area contributed by atoms with Crippen LogP contribution in [0.5, 0.6) is 0 Å². The van der Waals surface area contributed by atoms with Crippen LogP contribution in [-0.4, -0.2) is 30.7 Å². The van der Waals surface area contributed by atoms with Gasteiger partial charge in [-0.3, -0.25) is 9.48 Å². The van der Waals surface area contributed by atoms with E-state index in [-0.39, 0.29) is 17.3 Å². The average Bonchev–Trinajstić information content (AvgIpc) is 2.62. The quantitative estimate of drug-likeness (QED) is 0.800. The summed E-state index contributed by atoms with van der Waals surface area (Å²) in [6.07, 6.45) is 2.33. The number of carbonyl (C=O) groups excluding carboxylic acids is 1. The van der Waals surface area contributed by atoms with E-state index < -0.39 is 9.05 Å². The summed E-state index contributed by atoms with van der Waals surface area (Å²) >= 11 is 0. The van der Waals surface area contributed by atoms with Crippen molar-refractivity contribution in [2.45, 2.75) is 25.3 Å². The van der Waals surface area contributed by atoms with E-state index in [2.05, 4.69) is 10.4 Å². The predicted molar refractivity (Wildman–Crippen MR) is 63.1 cm³/mol. The van der Waals surface area contributed by atoms with Gasteiger partial charge in [0, 0.05) is 23.4 Å². The third-order valence-corrected chi connectivity index (χ3v) is 3.21. The predicted octanol–water partition coefficient (Wildman–Crippen LogP) is 0.583. The lowest BCUT2D eigenvalue weighted by Gasteiger charge is -2.07. The number of hydrogen-bond acceptors (Lipinski definition) is 4. The molecule has 0 bridgehead atoms. The highest BCUT2D eigenvalue weighted by Crippen LogP contribution is 2.12. The summed E-state index contributed by atoms with van der Waals surface area (Å²) in [5.74, 6) is 0.135. The Morgan fingerprint density at radius 3 is 2.71 bits per heavy atom. The molecule has 17 heavy (non-hydrogen) atoms. The smallest absolute Gasteiger partial charge is 0.264 e. The SMILES string of the molecule is CC(C)CNC(=O)Cn1cc(S(=O)(=O)Cl)cn1. The maximum absolute atomic E-state index is 11.4. The van der Waals surface area contributed by atoms with Crippen molar-refractivity contribution >= 4 is 25.6 Å². The van der Waals surface area contributed by atoms with Crippen LogP contribution in [0.3, 0.4) is 0 Å². The Balaban J connectivity index is 2.58. The summed E-state index contributed by atoms with van der Waals surface area (Å²) in [5, 5.41) is 6.44. The Morgan fingerprint density at radius 1 is 1.59 bits per heavy atom. The number of halogens is 1. The van der Waals surface area contributed by atoms with Gasteiger partial charge in [-0.1, -0.05) is 13.8 Å². The minimum absolute atomic E-state index is 0.0286. The molecule has 0 aromatic carbocycles. The van der Waals surface area contributed by atoms with Crippen LogP contribution < -0.4 is 5.32 Å². The molecule has 0 saturated carbocycles. The molecule has 0 unspecified atom stereocenters. The molecule has 0 atom stereocenters. The highest BCUT2D eigenvalue weighted by atomic mass is 35.7. The summed E-state index contributed by atoms with van der Waals surface area (Å²) in [4.78, 5) is 11.3. The summed E-state index contributed by atoms with van der Waals surface area (Å²) < 4.78 is 23.1. The molecule has 1 aromatic rings. The van der Waals surface area contributed by atoms with Gasteiger partial charge in [-0.05, 0) is 5.92 Å². The molecule has 1 heterocycles. The first kappa shape index (κ1) is 14.0. The second kappa shape index (κ2) is 5.50. The molecule has 6 nitrogen and oxygen atoms in total. The zero-order valence-corrected chi connectivity index (χ0v) is 11.1. The Labute approximate surface area is 104 Å². The monoisotopic (exact) mass is 279 g/mol. The van der Waals surface area contributed by atoms with E-state index in [4.69, 9.17) is 10.7 Å². The van der Waals surface area contributed by atoms with E-state index in [1.54, 1.807) is 0 Å². The van der Waals surface area contributed by atoms with Gasteiger partial charge in [-0.15, -0.1) is 0 Å². The van der Waals surface area contributed by atoms with Gasteiger partial charge in [0.2, 0.25) is 5.91 Å². The molecule has 1 amide bonds. The molecule has 0 fully saturated rings. The Kier molecular flexibility index (Phi) is 4.53. The summed E-state index contributed by atoms with van der Waals surface area (Å²) in [5.41, 5.74) is 0. The van der Waals surface area contributed by atoms with Crippen LogP contribution in [0, 0.1) is 5.92 Å². The first-order chi connectivity index (χ1) is 7.79. The lowest BCUT2D eigenvalue weighted by Crippen LogP contribution is -2.30. The number of nitrogens with zero attached hydrogens (tertiary/aromatic N) is 2. The normalized spacial score (nSPS) is 11.8.